The lowest BCUT2D eigenvalue weighted by Gasteiger charge is -2.45. The molecule has 2 amide bonds. The second-order valence-corrected chi connectivity index (χ2v) is 15.9. The highest BCUT2D eigenvalue weighted by atomic mass is 79.9. The van der Waals surface area contributed by atoms with Crippen molar-refractivity contribution in [3.63, 3.8) is 0 Å². The minimum Gasteiger partial charge on any atom is -0.507 e. The van der Waals surface area contributed by atoms with E-state index in [4.69, 9.17) is 4.43 Å². The summed E-state index contributed by atoms with van der Waals surface area (Å²) in [6, 6.07) is 12.1. The molecular formula is C25H33BrN2O5Si. The van der Waals surface area contributed by atoms with Crippen LogP contribution in [0.3, 0.4) is 0 Å². The van der Waals surface area contributed by atoms with Crippen LogP contribution in [0.2, 0.25) is 18.1 Å². The van der Waals surface area contributed by atoms with Gasteiger partial charge in [0.15, 0.2) is 8.32 Å². The Bertz CT molecular complexity index is 1070. The van der Waals surface area contributed by atoms with Gasteiger partial charge in [0.25, 0.3) is 5.91 Å². The lowest BCUT2D eigenvalue weighted by Crippen LogP contribution is -2.58. The standard InChI is InChI=1S/C25H33BrN2O5Si/c1-25(2,3)34(4,5)33-22(14-27-23(30)19-11-10-18(26)13-21(19)29)20-12-16-8-6-7-9-17(16)15-28(20)24(31)32/h6-11,13,20,22,29H,12,14-15H2,1-5H3,(H,27,30)(H,31,32)/t20-,22+/m0/s1. The van der Waals surface area contributed by atoms with E-state index in [1.54, 1.807) is 12.1 Å². The molecule has 2 aromatic carbocycles. The maximum Gasteiger partial charge on any atom is 0.407 e. The van der Waals surface area contributed by atoms with Crippen LogP contribution in [-0.2, 0) is 17.4 Å². The Morgan fingerprint density at radius 1 is 1.21 bits per heavy atom. The van der Waals surface area contributed by atoms with E-state index in [2.05, 4.69) is 55.1 Å². The molecule has 34 heavy (non-hydrogen) atoms. The van der Waals surface area contributed by atoms with Gasteiger partial charge in [0.2, 0.25) is 0 Å². The highest BCUT2D eigenvalue weighted by Crippen LogP contribution is 2.39. The quantitative estimate of drug-likeness (QED) is 0.421. The van der Waals surface area contributed by atoms with Gasteiger partial charge in [-0.2, -0.15) is 0 Å². The van der Waals surface area contributed by atoms with Gasteiger partial charge in [-0.3, -0.25) is 9.69 Å². The van der Waals surface area contributed by atoms with Gasteiger partial charge in [-0.05, 0) is 53.9 Å². The number of phenolic OH excluding ortho intramolecular Hbond substituents is 1. The Morgan fingerprint density at radius 2 is 1.85 bits per heavy atom. The zero-order valence-electron chi connectivity index (χ0n) is 20.3. The number of nitrogens with zero attached hydrogens (tertiary/aromatic N) is 1. The van der Waals surface area contributed by atoms with Crippen LogP contribution >= 0.6 is 15.9 Å². The van der Waals surface area contributed by atoms with Gasteiger partial charge in [-0.15, -0.1) is 0 Å². The average molecular weight is 550 g/mol. The van der Waals surface area contributed by atoms with E-state index in [9.17, 15) is 19.8 Å². The highest BCUT2D eigenvalue weighted by Gasteiger charge is 2.43. The van der Waals surface area contributed by atoms with Gasteiger partial charge in [0.05, 0.1) is 17.7 Å². The summed E-state index contributed by atoms with van der Waals surface area (Å²) in [4.78, 5) is 26.5. The first kappa shape index (κ1) is 26.2. The van der Waals surface area contributed by atoms with Crippen molar-refractivity contribution >= 4 is 36.2 Å². The molecule has 1 aliphatic heterocycles. The number of carbonyl (C=O) groups excluding carboxylic acids is 1. The first-order valence-corrected chi connectivity index (χ1v) is 15.0. The molecule has 3 rings (SSSR count). The predicted octanol–water partition coefficient (Wildman–Crippen LogP) is 5.38. The molecule has 0 bridgehead atoms. The van der Waals surface area contributed by atoms with E-state index >= 15 is 0 Å². The van der Waals surface area contributed by atoms with Crippen molar-refractivity contribution in [1.82, 2.24) is 10.2 Å². The lowest BCUT2D eigenvalue weighted by molar-refractivity contribution is 0.0438. The molecule has 0 saturated carbocycles. The predicted molar refractivity (Wildman–Crippen MR) is 138 cm³/mol. The highest BCUT2D eigenvalue weighted by molar-refractivity contribution is 9.10. The summed E-state index contributed by atoms with van der Waals surface area (Å²) in [5.41, 5.74) is 2.22. The Balaban J connectivity index is 1.91. The van der Waals surface area contributed by atoms with E-state index in [1.165, 1.54) is 11.0 Å². The summed E-state index contributed by atoms with van der Waals surface area (Å²) in [5, 5.41) is 23.0. The summed E-state index contributed by atoms with van der Waals surface area (Å²) < 4.78 is 7.39. The number of fused-ring (bicyclic) bond motifs is 1. The van der Waals surface area contributed by atoms with Crippen LogP contribution in [0, 0.1) is 0 Å². The number of hydrogen-bond donors (Lipinski definition) is 3. The average Bonchev–Trinajstić information content (AvgIpc) is 2.74. The van der Waals surface area contributed by atoms with Gasteiger partial charge >= 0.3 is 6.09 Å². The first-order valence-electron chi connectivity index (χ1n) is 11.3. The molecule has 0 aliphatic carbocycles. The van der Waals surface area contributed by atoms with Gasteiger partial charge in [-0.1, -0.05) is 61.0 Å². The maximum absolute atomic E-state index is 12.9. The molecule has 9 heteroatoms. The van der Waals surface area contributed by atoms with Crippen molar-refractivity contribution in [3.8, 4) is 5.75 Å². The fraction of sp³-hybridized carbons (Fsp3) is 0.440. The van der Waals surface area contributed by atoms with Crippen LogP contribution < -0.4 is 5.32 Å². The second kappa shape index (κ2) is 10.1. The molecule has 3 N–H and O–H groups in total. The van der Waals surface area contributed by atoms with Crippen molar-refractivity contribution in [2.45, 2.75) is 64.0 Å². The number of rotatable bonds is 6. The number of phenols is 1. The number of halogens is 1. The molecule has 1 heterocycles. The Labute approximate surface area is 210 Å². The van der Waals surface area contributed by atoms with Crippen LogP contribution in [0.25, 0.3) is 0 Å². The van der Waals surface area contributed by atoms with E-state index in [1.807, 2.05) is 24.3 Å². The minimum absolute atomic E-state index is 0.0974. The molecule has 0 spiro atoms. The molecule has 2 aromatic rings. The summed E-state index contributed by atoms with van der Waals surface area (Å²) >= 11 is 3.28. The van der Waals surface area contributed by atoms with Crippen molar-refractivity contribution in [2.75, 3.05) is 6.54 Å². The molecule has 0 unspecified atom stereocenters. The number of aromatic hydroxyl groups is 1. The monoisotopic (exact) mass is 548 g/mol. The number of hydrogen-bond acceptors (Lipinski definition) is 4. The Hall–Kier alpha value is -2.36. The summed E-state index contributed by atoms with van der Waals surface area (Å²) in [7, 11) is -2.30. The third kappa shape index (κ3) is 5.82. The number of nitrogens with one attached hydrogen (secondary N) is 1. The van der Waals surface area contributed by atoms with E-state index in [-0.39, 0.29) is 29.4 Å². The van der Waals surface area contributed by atoms with E-state index in [0.717, 1.165) is 11.1 Å². The topological polar surface area (TPSA) is 99.1 Å². The zero-order chi connectivity index (χ0) is 25.3. The number of amides is 2. The maximum atomic E-state index is 12.9. The normalized spacial score (nSPS) is 17.1. The third-order valence-electron chi connectivity index (χ3n) is 6.88. The smallest absolute Gasteiger partial charge is 0.407 e. The number of carbonyl (C=O) groups is 2. The van der Waals surface area contributed by atoms with Crippen LogP contribution in [0.15, 0.2) is 46.9 Å². The second-order valence-electron chi connectivity index (χ2n) is 10.2. The summed E-state index contributed by atoms with van der Waals surface area (Å²) in [6.07, 6.45) is -1.06. The van der Waals surface area contributed by atoms with Crippen molar-refractivity contribution < 1.29 is 24.2 Å². The molecule has 0 fully saturated rings. The van der Waals surface area contributed by atoms with Crippen LogP contribution in [0.4, 0.5) is 4.79 Å². The number of carboxylic acid groups (broad SMARTS) is 1. The fourth-order valence-corrected chi connectivity index (χ4v) is 5.59. The van der Waals surface area contributed by atoms with Crippen molar-refractivity contribution in [2.24, 2.45) is 0 Å². The molecule has 0 aromatic heterocycles. The van der Waals surface area contributed by atoms with E-state index < -0.39 is 32.5 Å². The van der Waals surface area contributed by atoms with Gasteiger partial charge in [0.1, 0.15) is 5.75 Å². The van der Waals surface area contributed by atoms with E-state index in [0.29, 0.717) is 10.9 Å². The summed E-state index contributed by atoms with van der Waals surface area (Å²) in [6.45, 7) is 11.0. The summed E-state index contributed by atoms with van der Waals surface area (Å²) in [5.74, 6) is -0.570. The molecule has 0 radical (unpaired) electrons. The number of benzene rings is 2. The molecule has 0 saturated heterocycles. The molecular weight excluding hydrogens is 516 g/mol. The largest absolute Gasteiger partial charge is 0.507 e. The molecule has 2 atom stereocenters. The third-order valence-corrected chi connectivity index (χ3v) is 11.9. The van der Waals surface area contributed by atoms with Gasteiger partial charge in [-0.25, -0.2) is 4.79 Å². The zero-order valence-corrected chi connectivity index (χ0v) is 22.8. The Morgan fingerprint density at radius 3 is 2.44 bits per heavy atom. The molecule has 184 valence electrons. The lowest BCUT2D eigenvalue weighted by atomic mass is 9.91. The Kier molecular flexibility index (Phi) is 7.79. The van der Waals surface area contributed by atoms with Gasteiger partial charge < -0.3 is 20.0 Å². The van der Waals surface area contributed by atoms with Crippen LogP contribution in [-0.4, -0.2) is 54.1 Å². The van der Waals surface area contributed by atoms with Crippen molar-refractivity contribution in [3.05, 3.63) is 63.6 Å². The SMILES string of the molecule is CC(C)(C)[Si](C)(C)O[C@H](CNC(=O)c1ccc(Br)cc1O)[C@@H]1Cc2ccccc2CN1C(=O)O. The molecule has 7 nitrogen and oxygen atoms in total. The van der Waals surface area contributed by atoms with Crippen molar-refractivity contribution in [1.29, 1.82) is 0 Å². The van der Waals surface area contributed by atoms with Crippen LogP contribution in [0.5, 0.6) is 5.75 Å². The van der Waals surface area contributed by atoms with Gasteiger partial charge in [0, 0.05) is 17.6 Å². The van der Waals surface area contributed by atoms with Crippen LogP contribution in [0.1, 0.15) is 42.3 Å². The first-order chi connectivity index (χ1) is 15.8. The molecule has 1 aliphatic rings. The fourth-order valence-electron chi connectivity index (χ4n) is 3.89. The minimum atomic E-state index is -2.30.